The Morgan fingerprint density at radius 2 is 1.74 bits per heavy atom. The molecule has 1 N–H and O–H groups in total. The normalized spacial score (nSPS) is 13.2. The van der Waals surface area contributed by atoms with E-state index in [2.05, 4.69) is 5.32 Å². The minimum absolute atomic E-state index is 0.0877. The molecule has 0 fully saturated rings. The molecule has 0 saturated carbocycles. The van der Waals surface area contributed by atoms with Gasteiger partial charge in [0.15, 0.2) is 0 Å². The van der Waals surface area contributed by atoms with Crippen molar-refractivity contribution in [2.45, 2.75) is 13.3 Å². The van der Waals surface area contributed by atoms with Crippen molar-refractivity contribution in [3.63, 3.8) is 0 Å². The first kappa shape index (κ1) is 20.3. The van der Waals surface area contributed by atoms with Gasteiger partial charge in [-0.25, -0.2) is 0 Å². The summed E-state index contributed by atoms with van der Waals surface area (Å²) >= 11 is 0. The van der Waals surface area contributed by atoms with Gasteiger partial charge in [-0.2, -0.15) is 0 Å². The Hall–Kier alpha value is -3.93. The van der Waals surface area contributed by atoms with Crippen molar-refractivity contribution >= 4 is 34.6 Å². The summed E-state index contributed by atoms with van der Waals surface area (Å²) in [6.45, 7) is 1.84. The molecule has 0 aromatic heterocycles. The molecule has 0 aliphatic carbocycles. The van der Waals surface area contributed by atoms with E-state index in [1.165, 1.54) is 4.90 Å². The highest BCUT2D eigenvalue weighted by atomic mass is 16.5. The number of hydrogen-bond donors (Lipinski definition) is 1. The number of aryl methyl sites for hydroxylation is 1. The number of ether oxygens (including phenoxy) is 1. The third kappa shape index (κ3) is 4.48. The molecule has 1 heterocycles. The Kier molecular flexibility index (Phi) is 5.80. The zero-order chi connectivity index (χ0) is 21.8. The van der Waals surface area contributed by atoms with Crippen LogP contribution in [0.1, 0.15) is 17.5 Å². The van der Waals surface area contributed by atoms with Crippen molar-refractivity contribution in [1.82, 2.24) is 0 Å². The van der Waals surface area contributed by atoms with Crippen LogP contribution in [0.2, 0.25) is 0 Å². The van der Waals surface area contributed by atoms with Gasteiger partial charge in [0, 0.05) is 5.69 Å². The average molecular weight is 413 g/mol. The molecular formula is C25H23N3O3. The summed E-state index contributed by atoms with van der Waals surface area (Å²) in [5.41, 5.74) is 4.47. The molecule has 3 aromatic carbocycles. The van der Waals surface area contributed by atoms with Gasteiger partial charge in [0.25, 0.3) is 0 Å². The highest BCUT2D eigenvalue weighted by molar-refractivity contribution is 6.19. The van der Waals surface area contributed by atoms with E-state index in [0.717, 1.165) is 22.6 Å². The van der Waals surface area contributed by atoms with Crippen molar-refractivity contribution in [2.24, 2.45) is 4.99 Å². The first-order valence-corrected chi connectivity index (χ1v) is 10.0. The minimum atomic E-state index is -0.259. The Labute approximate surface area is 181 Å². The molecule has 4 rings (SSSR count). The number of hydrogen-bond acceptors (Lipinski definition) is 4. The Balaban J connectivity index is 1.61. The summed E-state index contributed by atoms with van der Waals surface area (Å²) in [6, 6.07) is 22.4. The van der Waals surface area contributed by atoms with E-state index in [1.807, 2.05) is 79.7 Å². The van der Waals surface area contributed by atoms with Crippen LogP contribution in [0.4, 0.5) is 17.1 Å². The predicted octanol–water partition coefficient (Wildman–Crippen LogP) is 4.50. The number of carbonyl (C=O) groups excluding carboxylic acids is 2. The second-order valence-electron chi connectivity index (χ2n) is 7.30. The van der Waals surface area contributed by atoms with Gasteiger partial charge in [0.2, 0.25) is 11.8 Å². The molecule has 0 unspecified atom stereocenters. The van der Waals surface area contributed by atoms with Crippen LogP contribution in [0, 0.1) is 6.92 Å². The minimum Gasteiger partial charge on any atom is -0.497 e. The van der Waals surface area contributed by atoms with Gasteiger partial charge in [-0.15, -0.1) is 0 Å². The number of nitrogens with one attached hydrogen (secondary N) is 1. The predicted molar refractivity (Wildman–Crippen MR) is 122 cm³/mol. The number of anilines is 2. The van der Waals surface area contributed by atoms with Gasteiger partial charge < -0.3 is 15.0 Å². The van der Waals surface area contributed by atoms with Crippen molar-refractivity contribution < 1.29 is 14.3 Å². The van der Waals surface area contributed by atoms with E-state index < -0.39 is 0 Å². The molecule has 0 spiro atoms. The largest absolute Gasteiger partial charge is 0.497 e. The number of nitrogens with zero attached hydrogens (tertiary/aromatic N) is 2. The second-order valence-corrected chi connectivity index (χ2v) is 7.30. The monoisotopic (exact) mass is 413 g/mol. The maximum Gasteiger partial charge on any atom is 0.244 e. The van der Waals surface area contributed by atoms with Gasteiger partial charge in [0.05, 0.1) is 30.6 Å². The van der Waals surface area contributed by atoms with Gasteiger partial charge in [-0.05, 0) is 60.5 Å². The van der Waals surface area contributed by atoms with E-state index in [1.54, 1.807) is 7.11 Å². The average Bonchev–Trinajstić information content (AvgIpc) is 2.92. The maximum absolute atomic E-state index is 13.2. The summed E-state index contributed by atoms with van der Waals surface area (Å²) in [5, 5.41) is 2.90. The summed E-state index contributed by atoms with van der Waals surface area (Å²) < 4.78 is 5.22. The lowest BCUT2D eigenvalue weighted by Gasteiger charge is -2.22. The van der Waals surface area contributed by atoms with Crippen LogP contribution in [0.25, 0.3) is 0 Å². The Morgan fingerprint density at radius 1 is 1.03 bits per heavy atom. The molecule has 2 amide bonds. The van der Waals surface area contributed by atoms with Gasteiger partial charge >= 0.3 is 0 Å². The maximum atomic E-state index is 13.2. The molecule has 0 atom stereocenters. The number of methoxy groups -OCH3 is 1. The van der Waals surface area contributed by atoms with Crippen LogP contribution >= 0.6 is 0 Å². The van der Waals surface area contributed by atoms with Crippen LogP contribution in [0.5, 0.6) is 5.75 Å². The zero-order valence-corrected chi connectivity index (χ0v) is 17.5. The number of amides is 2. The fourth-order valence-electron chi connectivity index (χ4n) is 3.51. The third-order valence-corrected chi connectivity index (χ3v) is 5.19. The van der Waals surface area contributed by atoms with Crippen LogP contribution in [0.3, 0.4) is 0 Å². The number of benzene rings is 3. The first-order chi connectivity index (χ1) is 15.0. The number of aliphatic imine (C=N–C) groups is 1. The molecule has 31 heavy (non-hydrogen) atoms. The standard InChI is InChI=1S/C25H23N3O3/c1-17-7-3-4-8-20(17)27-24(29)16-28-23-10-6-5-9-21(23)26-22(15-25(28)30)18-11-13-19(31-2)14-12-18/h3-14H,15-16H2,1-2H3,(H,27,29). The molecule has 6 heteroatoms. The molecule has 1 aliphatic heterocycles. The highest BCUT2D eigenvalue weighted by Crippen LogP contribution is 2.33. The number of para-hydroxylation sites is 3. The highest BCUT2D eigenvalue weighted by Gasteiger charge is 2.26. The SMILES string of the molecule is COc1ccc(C2=Nc3ccccc3N(CC(=O)Nc3ccccc3C)C(=O)C2)cc1. The van der Waals surface area contributed by atoms with Crippen molar-refractivity contribution in [2.75, 3.05) is 23.9 Å². The van der Waals surface area contributed by atoms with E-state index in [-0.39, 0.29) is 24.8 Å². The lowest BCUT2D eigenvalue weighted by Crippen LogP contribution is -2.38. The van der Waals surface area contributed by atoms with Crippen molar-refractivity contribution in [1.29, 1.82) is 0 Å². The quantitative estimate of drug-likeness (QED) is 0.669. The Morgan fingerprint density at radius 3 is 2.48 bits per heavy atom. The van der Waals surface area contributed by atoms with Gasteiger partial charge in [0.1, 0.15) is 12.3 Å². The fourth-order valence-corrected chi connectivity index (χ4v) is 3.51. The lowest BCUT2D eigenvalue weighted by molar-refractivity contribution is -0.120. The molecule has 1 aliphatic rings. The summed E-state index contributed by atoms with van der Waals surface area (Å²) in [7, 11) is 1.61. The van der Waals surface area contributed by atoms with E-state index >= 15 is 0 Å². The molecule has 3 aromatic rings. The van der Waals surface area contributed by atoms with Gasteiger partial charge in [-0.1, -0.05) is 30.3 Å². The van der Waals surface area contributed by atoms with E-state index in [9.17, 15) is 9.59 Å². The molecule has 0 radical (unpaired) electrons. The summed E-state index contributed by atoms with van der Waals surface area (Å²) in [4.78, 5) is 32.2. The van der Waals surface area contributed by atoms with E-state index in [0.29, 0.717) is 17.1 Å². The molecule has 156 valence electrons. The first-order valence-electron chi connectivity index (χ1n) is 10.0. The topological polar surface area (TPSA) is 71.0 Å². The van der Waals surface area contributed by atoms with Gasteiger partial charge in [-0.3, -0.25) is 14.6 Å². The number of fused-ring (bicyclic) bond motifs is 1. The second kappa shape index (κ2) is 8.83. The van der Waals surface area contributed by atoms with E-state index in [4.69, 9.17) is 9.73 Å². The summed E-state index contributed by atoms with van der Waals surface area (Å²) in [6.07, 6.45) is 0.0959. The van der Waals surface area contributed by atoms with Crippen LogP contribution in [-0.4, -0.2) is 31.2 Å². The Bertz CT molecular complexity index is 1150. The molecule has 0 bridgehead atoms. The van der Waals surface area contributed by atoms with Crippen LogP contribution in [0.15, 0.2) is 77.8 Å². The fraction of sp³-hybridized carbons (Fsp3) is 0.160. The molecule has 0 saturated heterocycles. The lowest BCUT2D eigenvalue weighted by atomic mass is 10.1. The zero-order valence-electron chi connectivity index (χ0n) is 17.5. The summed E-state index contributed by atoms with van der Waals surface area (Å²) in [5.74, 6) is 0.295. The number of rotatable bonds is 5. The smallest absolute Gasteiger partial charge is 0.244 e. The van der Waals surface area contributed by atoms with Crippen molar-refractivity contribution in [3.05, 3.63) is 83.9 Å². The third-order valence-electron chi connectivity index (χ3n) is 5.19. The number of carbonyl (C=O) groups is 2. The van der Waals surface area contributed by atoms with Crippen LogP contribution < -0.4 is 15.0 Å². The molecule has 6 nitrogen and oxygen atoms in total. The molecular weight excluding hydrogens is 390 g/mol. The van der Waals surface area contributed by atoms with Crippen LogP contribution in [-0.2, 0) is 9.59 Å². The van der Waals surface area contributed by atoms with Crippen molar-refractivity contribution in [3.8, 4) is 5.75 Å².